The maximum Gasteiger partial charge on any atom is 0.295 e. The zero-order valence-electron chi connectivity index (χ0n) is 11.4. The molecule has 1 amide bonds. The summed E-state index contributed by atoms with van der Waals surface area (Å²) < 4.78 is 13.2. The number of nitro benzene ring substituents is 1. The van der Waals surface area contributed by atoms with Gasteiger partial charge in [-0.3, -0.25) is 14.9 Å². The summed E-state index contributed by atoms with van der Waals surface area (Å²) in [6.45, 7) is 0.552. The lowest BCUT2D eigenvalue weighted by Gasteiger charge is -2.27. The van der Waals surface area contributed by atoms with Gasteiger partial charge in [-0.15, -0.1) is 0 Å². The Morgan fingerprint density at radius 2 is 2.20 bits per heavy atom. The fourth-order valence-corrected chi connectivity index (χ4v) is 2.50. The number of hydrogen-bond acceptors (Lipinski definition) is 4. The number of likely N-dealkylation sites (N-methyl/N-ethyl adjacent to an activating group) is 1. The number of anilines is 1. The second-order valence-corrected chi connectivity index (χ2v) is 4.97. The monoisotopic (exact) mass is 281 g/mol. The summed E-state index contributed by atoms with van der Waals surface area (Å²) in [6.07, 6.45) is 1.42. The van der Waals surface area contributed by atoms with Gasteiger partial charge in [0.1, 0.15) is 17.5 Å². The number of hydrogen-bond donors (Lipinski definition) is 0. The van der Waals surface area contributed by atoms with Crippen molar-refractivity contribution in [2.45, 2.75) is 18.9 Å². The first kappa shape index (κ1) is 14.2. The summed E-state index contributed by atoms with van der Waals surface area (Å²) in [4.78, 5) is 25.7. The van der Waals surface area contributed by atoms with Crippen molar-refractivity contribution in [2.75, 3.05) is 25.5 Å². The van der Waals surface area contributed by atoms with Gasteiger partial charge in [0.25, 0.3) is 5.69 Å². The first-order valence-corrected chi connectivity index (χ1v) is 6.33. The van der Waals surface area contributed by atoms with E-state index in [0.29, 0.717) is 18.7 Å². The van der Waals surface area contributed by atoms with Crippen LogP contribution in [0.4, 0.5) is 15.8 Å². The highest BCUT2D eigenvalue weighted by Gasteiger charge is 2.35. The van der Waals surface area contributed by atoms with Crippen LogP contribution in [-0.2, 0) is 4.79 Å². The Morgan fingerprint density at radius 1 is 1.50 bits per heavy atom. The van der Waals surface area contributed by atoms with Gasteiger partial charge in [0, 0.05) is 20.6 Å². The molecule has 1 aliphatic rings. The normalized spacial score (nSPS) is 18.1. The van der Waals surface area contributed by atoms with Gasteiger partial charge in [0.05, 0.1) is 11.0 Å². The number of nitrogens with zero attached hydrogens (tertiary/aromatic N) is 3. The zero-order valence-corrected chi connectivity index (χ0v) is 11.4. The molecule has 1 aromatic carbocycles. The molecule has 1 fully saturated rings. The van der Waals surface area contributed by atoms with E-state index < -0.39 is 16.8 Å². The van der Waals surface area contributed by atoms with Gasteiger partial charge >= 0.3 is 0 Å². The fourth-order valence-electron chi connectivity index (χ4n) is 2.50. The van der Waals surface area contributed by atoms with Crippen LogP contribution in [0, 0.1) is 15.9 Å². The fraction of sp³-hybridized carbons (Fsp3) is 0.462. The highest BCUT2D eigenvalue weighted by Crippen LogP contribution is 2.34. The first-order chi connectivity index (χ1) is 9.41. The molecule has 6 nitrogen and oxygen atoms in total. The summed E-state index contributed by atoms with van der Waals surface area (Å²) in [5, 5.41) is 11.1. The number of nitro groups is 1. The van der Waals surface area contributed by atoms with E-state index >= 15 is 0 Å². The SMILES string of the molecule is CN(C)C(=O)C1CCCN1c1ccc(F)cc1[N+](=O)[O-]. The molecule has 0 aliphatic carbocycles. The topological polar surface area (TPSA) is 66.7 Å². The Kier molecular flexibility index (Phi) is 3.87. The molecule has 108 valence electrons. The van der Waals surface area contributed by atoms with Crippen molar-refractivity contribution < 1.29 is 14.1 Å². The summed E-state index contributed by atoms with van der Waals surface area (Å²) in [5.41, 5.74) is -0.00226. The van der Waals surface area contributed by atoms with Crippen LogP contribution in [0.25, 0.3) is 0 Å². The second-order valence-electron chi connectivity index (χ2n) is 4.97. The molecule has 0 spiro atoms. The lowest BCUT2D eigenvalue weighted by atomic mass is 10.1. The van der Waals surface area contributed by atoms with Crippen LogP contribution in [-0.4, -0.2) is 42.4 Å². The van der Waals surface area contributed by atoms with Crippen molar-refractivity contribution in [3.8, 4) is 0 Å². The third kappa shape index (κ3) is 2.56. The third-order valence-electron chi connectivity index (χ3n) is 3.42. The van der Waals surface area contributed by atoms with Gasteiger partial charge in [-0.1, -0.05) is 0 Å². The largest absolute Gasteiger partial charge is 0.354 e. The highest BCUT2D eigenvalue weighted by atomic mass is 19.1. The summed E-state index contributed by atoms with van der Waals surface area (Å²) in [5.74, 6) is -0.753. The third-order valence-corrected chi connectivity index (χ3v) is 3.42. The van der Waals surface area contributed by atoms with E-state index in [1.165, 1.54) is 17.0 Å². The van der Waals surface area contributed by atoms with Crippen LogP contribution >= 0.6 is 0 Å². The van der Waals surface area contributed by atoms with Gasteiger partial charge in [-0.2, -0.15) is 0 Å². The van der Waals surface area contributed by atoms with Crippen LogP contribution in [0.2, 0.25) is 0 Å². The zero-order chi connectivity index (χ0) is 14.9. The van der Waals surface area contributed by atoms with Crippen molar-refractivity contribution in [3.63, 3.8) is 0 Å². The van der Waals surface area contributed by atoms with Gasteiger partial charge < -0.3 is 9.80 Å². The maximum atomic E-state index is 13.2. The maximum absolute atomic E-state index is 13.2. The molecule has 1 saturated heterocycles. The molecule has 1 aromatic rings. The predicted molar refractivity (Wildman–Crippen MR) is 72.1 cm³/mol. The summed E-state index contributed by atoms with van der Waals surface area (Å²) >= 11 is 0. The van der Waals surface area contributed by atoms with Gasteiger partial charge in [0.15, 0.2) is 0 Å². The Bertz CT molecular complexity index is 548. The second kappa shape index (κ2) is 5.44. The van der Waals surface area contributed by atoms with Crippen LogP contribution in [0.3, 0.4) is 0 Å². The number of amides is 1. The molecular weight excluding hydrogens is 265 g/mol. The quantitative estimate of drug-likeness (QED) is 0.626. The van der Waals surface area contributed by atoms with Gasteiger partial charge in [-0.05, 0) is 25.0 Å². The lowest BCUT2D eigenvalue weighted by molar-refractivity contribution is -0.384. The lowest BCUT2D eigenvalue weighted by Crippen LogP contribution is -2.43. The van der Waals surface area contributed by atoms with E-state index in [1.807, 2.05) is 0 Å². The summed E-state index contributed by atoms with van der Waals surface area (Å²) in [6, 6.07) is 3.02. The molecule has 1 aliphatic heterocycles. The molecule has 0 aromatic heterocycles. The van der Waals surface area contributed by atoms with Crippen molar-refractivity contribution >= 4 is 17.3 Å². The van der Waals surface area contributed by atoms with Gasteiger partial charge in [-0.25, -0.2) is 4.39 Å². The Labute approximate surface area is 115 Å². The molecule has 2 rings (SSSR count). The molecule has 20 heavy (non-hydrogen) atoms. The minimum absolute atomic E-state index is 0.0962. The van der Waals surface area contributed by atoms with E-state index in [4.69, 9.17) is 0 Å². The molecule has 1 unspecified atom stereocenters. The van der Waals surface area contributed by atoms with Crippen molar-refractivity contribution in [1.29, 1.82) is 0 Å². The molecule has 0 bridgehead atoms. The predicted octanol–water partition coefficient (Wildman–Crippen LogP) is 1.79. The molecule has 7 heteroatoms. The van der Waals surface area contributed by atoms with E-state index in [2.05, 4.69) is 0 Å². The van der Waals surface area contributed by atoms with Crippen LogP contribution in [0.5, 0.6) is 0 Å². The van der Waals surface area contributed by atoms with E-state index in [0.717, 1.165) is 12.5 Å². The van der Waals surface area contributed by atoms with E-state index in [-0.39, 0.29) is 11.6 Å². The molecule has 1 heterocycles. The first-order valence-electron chi connectivity index (χ1n) is 6.33. The standard InChI is InChI=1S/C13H16FN3O3/c1-15(2)13(18)11-4-3-7-16(11)10-6-5-9(14)8-12(10)17(19)20/h5-6,8,11H,3-4,7H2,1-2H3. The smallest absolute Gasteiger partial charge is 0.295 e. The number of benzene rings is 1. The minimum atomic E-state index is -0.657. The van der Waals surface area contributed by atoms with Crippen molar-refractivity contribution in [2.24, 2.45) is 0 Å². The number of carbonyl (C=O) groups is 1. The summed E-state index contributed by atoms with van der Waals surface area (Å²) in [7, 11) is 3.30. The van der Waals surface area contributed by atoms with Gasteiger partial charge in [0.2, 0.25) is 5.91 Å². The van der Waals surface area contributed by atoms with Crippen LogP contribution in [0.1, 0.15) is 12.8 Å². The Hall–Kier alpha value is -2.18. The van der Waals surface area contributed by atoms with Crippen molar-refractivity contribution in [1.82, 2.24) is 4.90 Å². The van der Waals surface area contributed by atoms with Crippen molar-refractivity contribution in [3.05, 3.63) is 34.1 Å². The molecule has 0 saturated carbocycles. The molecule has 1 atom stereocenters. The Morgan fingerprint density at radius 3 is 2.80 bits per heavy atom. The number of rotatable bonds is 3. The molecular formula is C13H16FN3O3. The average molecular weight is 281 g/mol. The number of halogens is 1. The number of carbonyl (C=O) groups excluding carboxylic acids is 1. The Balaban J connectivity index is 2.40. The van der Waals surface area contributed by atoms with Crippen LogP contribution in [0.15, 0.2) is 18.2 Å². The van der Waals surface area contributed by atoms with Crippen LogP contribution < -0.4 is 4.90 Å². The minimum Gasteiger partial charge on any atom is -0.354 e. The van der Waals surface area contributed by atoms with E-state index in [1.54, 1.807) is 19.0 Å². The average Bonchev–Trinajstić information content (AvgIpc) is 2.86. The van der Waals surface area contributed by atoms with E-state index in [9.17, 15) is 19.3 Å². The molecule has 0 N–H and O–H groups in total. The molecule has 0 radical (unpaired) electrons. The highest BCUT2D eigenvalue weighted by molar-refractivity contribution is 5.86.